The van der Waals surface area contributed by atoms with Gasteiger partial charge in [0, 0.05) is 35.1 Å². The number of aromatic nitrogens is 2. The van der Waals surface area contributed by atoms with Gasteiger partial charge in [0.25, 0.3) is 0 Å². The van der Waals surface area contributed by atoms with Crippen molar-refractivity contribution in [3.63, 3.8) is 0 Å². The Morgan fingerprint density at radius 3 is 2.82 bits per heavy atom. The lowest BCUT2D eigenvalue weighted by Gasteiger charge is -2.34. The van der Waals surface area contributed by atoms with Crippen molar-refractivity contribution in [2.45, 2.75) is 32.2 Å². The maximum atomic E-state index is 4.45. The molecule has 0 saturated carbocycles. The molecule has 1 aromatic rings. The Morgan fingerprint density at radius 1 is 1.47 bits per heavy atom. The number of hydrogen-bond donors (Lipinski definition) is 1. The lowest BCUT2D eigenvalue weighted by Crippen LogP contribution is -2.47. The van der Waals surface area contributed by atoms with E-state index in [4.69, 9.17) is 0 Å². The fraction of sp³-hybridized carbons (Fsp3) is 0.667. The summed E-state index contributed by atoms with van der Waals surface area (Å²) in [6.07, 6.45) is 7.40. The SMILES string of the molecule is CCCN(c1ncc(I)cn1)C1CCCNC1. The first-order valence-electron chi connectivity index (χ1n) is 6.26. The van der Waals surface area contributed by atoms with Crippen LogP contribution in [0.2, 0.25) is 0 Å². The highest BCUT2D eigenvalue weighted by Gasteiger charge is 2.22. The normalized spacial score (nSPS) is 20.2. The van der Waals surface area contributed by atoms with E-state index in [1.807, 2.05) is 12.4 Å². The highest BCUT2D eigenvalue weighted by molar-refractivity contribution is 14.1. The summed E-state index contributed by atoms with van der Waals surface area (Å²) in [5.74, 6) is 0.876. The topological polar surface area (TPSA) is 41.1 Å². The predicted octanol–water partition coefficient (Wildman–Crippen LogP) is 2.05. The first-order valence-corrected chi connectivity index (χ1v) is 7.34. The third kappa shape index (κ3) is 3.51. The maximum Gasteiger partial charge on any atom is 0.225 e. The van der Waals surface area contributed by atoms with Crippen LogP contribution in [-0.4, -0.2) is 35.6 Å². The van der Waals surface area contributed by atoms with E-state index in [-0.39, 0.29) is 0 Å². The summed E-state index contributed by atoms with van der Waals surface area (Å²) in [5.41, 5.74) is 0. The standard InChI is InChI=1S/C12H19IN4/c1-2-6-17(11-4-3-5-14-9-11)12-15-7-10(13)8-16-12/h7-8,11,14H,2-6,9H2,1H3. The van der Waals surface area contributed by atoms with Crippen LogP contribution >= 0.6 is 22.6 Å². The summed E-state index contributed by atoms with van der Waals surface area (Å²) in [6, 6.07) is 0.545. The second-order valence-corrected chi connectivity index (χ2v) is 5.64. The van der Waals surface area contributed by atoms with Gasteiger partial charge in [-0.1, -0.05) is 6.92 Å². The van der Waals surface area contributed by atoms with Gasteiger partial charge in [-0.3, -0.25) is 0 Å². The van der Waals surface area contributed by atoms with E-state index >= 15 is 0 Å². The Kier molecular flexibility index (Phi) is 4.97. The number of halogens is 1. The van der Waals surface area contributed by atoms with Crippen molar-refractivity contribution < 1.29 is 0 Å². The van der Waals surface area contributed by atoms with Crippen LogP contribution in [0.15, 0.2) is 12.4 Å². The maximum absolute atomic E-state index is 4.45. The van der Waals surface area contributed by atoms with Crippen molar-refractivity contribution in [2.75, 3.05) is 24.5 Å². The van der Waals surface area contributed by atoms with Crippen molar-refractivity contribution in [2.24, 2.45) is 0 Å². The zero-order valence-electron chi connectivity index (χ0n) is 10.2. The highest BCUT2D eigenvalue weighted by Crippen LogP contribution is 2.17. The first kappa shape index (κ1) is 13.0. The summed E-state index contributed by atoms with van der Waals surface area (Å²) in [6.45, 7) is 5.43. The van der Waals surface area contributed by atoms with Crippen LogP contribution in [0.3, 0.4) is 0 Å². The molecule has 5 heteroatoms. The van der Waals surface area contributed by atoms with E-state index in [2.05, 4.69) is 49.7 Å². The highest BCUT2D eigenvalue weighted by atomic mass is 127. The van der Waals surface area contributed by atoms with Gasteiger partial charge in [0.1, 0.15) is 0 Å². The molecule has 0 amide bonds. The van der Waals surface area contributed by atoms with E-state index in [9.17, 15) is 0 Å². The molecule has 17 heavy (non-hydrogen) atoms. The molecule has 1 unspecified atom stereocenters. The minimum Gasteiger partial charge on any atom is -0.337 e. The van der Waals surface area contributed by atoms with Gasteiger partial charge >= 0.3 is 0 Å². The summed E-state index contributed by atoms with van der Waals surface area (Å²) in [5, 5.41) is 3.46. The van der Waals surface area contributed by atoms with E-state index in [0.717, 1.165) is 35.6 Å². The molecular formula is C12H19IN4. The molecule has 1 aliphatic heterocycles. The Balaban J connectivity index is 2.12. The number of hydrogen-bond acceptors (Lipinski definition) is 4. The van der Waals surface area contributed by atoms with Crippen molar-refractivity contribution in [3.8, 4) is 0 Å². The number of nitrogens with zero attached hydrogens (tertiary/aromatic N) is 3. The van der Waals surface area contributed by atoms with Crippen LogP contribution in [0, 0.1) is 3.57 Å². The van der Waals surface area contributed by atoms with Crippen molar-refractivity contribution in [3.05, 3.63) is 16.0 Å². The van der Waals surface area contributed by atoms with Gasteiger partial charge < -0.3 is 10.2 Å². The fourth-order valence-electron chi connectivity index (χ4n) is 2.24. The molecule has 94 valence electrons. The molecule has 0 radical (unpaired) electrons. The van der Waals surface area contributed by atoms with Gasteiger partial charge in [-0.15, -0.1) is 0 Å². The fourth-order valence-corrected chi connectivity index (χ4v) is 2.52. The Labute approximate surface area is 116 Å². The third-order valence-corrected chi connectivity index (χ3v) is 3.60. The van der Waals surface area contributed by atoms with Crippen LogP contribution in [0.5, 0.6) is 0 Å². The minimum atomic E-state index is 0.545. The largest absolute Gasteiger partial charge is 0.337 e. The summed E-state index contributed by atoms with van der Waals surface area (Å²) >= 11 is 2.24. The third-order valence-electron chi connectivity index (χ3n) is 3.04. The smallest absolute Gasteiger partial charge is 0.225 e. The molecular weight excluding hydrogens is 327 g/mol. The van der Waals surface area contributed by atoms with E-state index < -0.39 is 0 Å². The molecule has 1 atom stereocenters. The van der Waals surface area contributed by atoms with Gasteiger partial charge in [0.15, 0.2) is 0 Å². The minimum absolute atomic E-state index is 0.545. The van der Waals surface area contributed by atoms with Crippen LogP contribution in [0.1, 0.15) is 26.2 Å². The average Bonchev–Trinajstić information content (AvgIpc) is 2.38. The average molecular weight is 346 g/mol. The number of anilines is 1. The summed E-state index contributed by atoms with van der Waals surface area (Å²) in [4.78, 5) is 11.3. The van der Waals surface area contributed by atoms with Crippen molar-refractivity contribution >= 4 is 28.5 Å². The second kappa shape index (κ2) is 6.49. The molecule has 2 heterocycles. The Morgan fingerprint density at radius 2 is 2.24 bits per heavy atom. The molecule has 1 fully saturated rings. The molecule has 0 spiro atoms. The predicted molar refractivity (Wildman–Crippen MR) is 78.3 cm³/mol. The Bertz CT molecular complexity index is 335. The first-order chi connectivity index (χ1) is 8.31. The second-order valence-electron chi connectivity index (χ2n) is 4.39. The molecule has 1 aliphatic rings. The van der Waals surface area contributed by atoms with Gasteiger partial charge in [0.05, 0.1) is 0 Å². The molecule has 1 aromatic heterocycles. The van der Waals surface area contributed by atoms with E-state index in [1.165, 1.54) is 12.8 Å². The van der Waals surface area contributed by atoms with Crippen LogP contribution in [-0.2, 0) is 0 Å². The molecule has 4 nitrogen and oxygen atoms in total. The van der Waals surface area contributed by atoms with Gasteiger partial charge in [-0.2, -0.15) is 0 Å². The zero-order valence-corrected chi connectivity index (χ0v) is 12.4. The van der Waals surface area contributed by atoms with E-state index in [1.54, 1.807) is 0 Å². The van der Waals surface area contributed by atoms with Crippen molar-refractivity contribution in [1.29, 1.82) is 0 Å². The van der Waals surface area contributed by atoms with Crippen LogP contribution in [0.4, 0.5) is 5.95 Å². The zero-order chi connectivity index (χ0) is 12.1. The van der Waals surface area contributed by atoms with Gasteiger partial charge in [0.2, 0.25) is 5.95 Å². The molecule has 0 aromatic carbocycles. The molecule has 1 saturated heterocycles. The van der Waals surface area contributed by atoms with Gasteiger partial charge in [-0.05, 0) is 48.4 Å². The number of nitrogens with one attached hydrogen (secondary N) is 1. The van der Waals surface area contributed by atoms with Gasteiger partial charge in [-0.25, -0.2) is 9.97 Å². The molecule has 2 rings (SSSR count). The summed E-state index contributed by atoms with van der Waals surface area (Å²) in [7, 11) is 0. The quantitative estimate of drug-likeness (QED) is 0.848. The molecule has 0 bridgehead atoms. The van der Waals surface area contributed by atoms with Crippen LogP contribution < -0.4 is 10.2 Å². The Hall–Kier alpha value is -0.430. The lowest BCUT2D eigenvalue weighted by atomic mass is 10.1. The van der Waals surface area contributed by atoms with Crippen molar-refractivity contribution in [1.82, 2.24) is 15.3 Å². The molecule has 0 aliphatic carbocycles. The molecule has 1 N–H and O–H groups in total. The van der Waals surface area contributed by atoms with Crippen LogP contribution in [0.25, 0.3) is 0 Å². The number of rotatable bonds is 4. The lowest BCUT2D eigenvalue weighted by molar-refractivity contribution is 0.426. The monoisotopic (exact) mass is 346 g/mol. The summed E-state index contributed by atoms with van der Waals surface area (Å²) < 4.78 is 1.09. The van der Waals surface area contributed by atoms with E-state index in [0.29, 0.717) is 6.04 Å². The number of piperidine rings is 1.